The van der Waals surface area contributed by atoms with E-state index in [1.54, 1.807) is 0 Å². The predicted octanol–water partition coefficient (Wildman–Crippen LogP) is 0.942. The summed E-state index contributed by atoms with van der Waals surface area (Å²) < 4.78 is 5.74. The van der Waals surface area contributed by atoms with E-state index in [-0.39, 0.29) is 12.1 Å². The van der Waals surface area contributed by atoms with Gasteiger partial charge >= 0.3 is 0 Å². The van der Waals surface area contributed by atoms with Gasteiger partial charge in [0.25, 0.3) is 0 Å². The SMILES string of the molecule is CN1C(CCO)CN(CC2CCCO2)CC1(C)C. The van der Waals surface area contributed by atoms with Crippen molar-refractivity contribution in [2.45, 2.75) is 50.8 Å². The zero-order valence-electron chi connectivity index (χ0n) is 12.1. The Morgan fingerprint density at radius 3 is 2.78 bits per heavy atom. The molecule has 0 aliphatic carbocycles. The molecule has 4 nitrogen and oxygen atoms in total. The van der Waals surface area contributed by atoms with Gasteiger partial charge in [0.15, 0.2) is 0 Å². The molecule has 0 radical (unpaired) electrons. The van der Waals surface area contributed by atoms with Gasteiger partial charge in [0.1, 0.15) is 0 Å². The van der Waals surface area contributed by atoms with Crippen LogP contribution in [-0.4, -0.2) is 72.5 Å². The van der Waals surface area contributed by atoms with Crippen LogP contribution in [0.5, 0.6) is 0 Å². The number of piperazine rings is 1. The van der Waals surface area contributed by atoms with Gasteiger partial charge in [-0.3, -0.25) is 9.80 Å². The molecule has 2 aliphatic rings. The van der Waals surface area contributed by atoms with Crippen LogP contribution in [-0.2, 0) is 4.74 Å². The zero-order chi connectivity index (χ0) is 13.2. The van der Waals surface area contributed by atoms with Crippen LogP contribution < -0.4 is 0 Å². The molecule has 0 aromatic carbocycles. The van der Waals surface area contributed by atoms with E-state index in [2.05, 4.69) is 30.7 Å². The number of aliphatic hydroxyl groups excluding tert-OH is 1. The van der Waals surface area contributed by atoms with E-state index in [4.69, 9.17) is 4.74 Å². The minimum absolute atomic E-state index is 0.177. The molecule has 0 saturated carbocycles. The second-order valence-electron chi connectivity index (χ2n) is 6.42. The second kappa shape index (κ2) is 5.87. The highest BCUT2D eigenvalue weighted by atomic mass is 16.5. The van der Waals surface area contributed by atoms with Gasteiger partial charge in [-0.1, -0.05) is 0 Å². The Bertz CT molecular complexity index is 265. The van der Waals surface area contributed by atoms with E-state index in [1.807, 2.05) is 0 Å². The highest BCUT2D eigenvalue weighted by Crippen LogP contribution is 2.26. The Balaban J connectivity index is 1.94. The van der Waals surface area contributed by atoms with Gasteiger partial charge in [0.05, 0.1) is 6.10 Å². The molecular weight excluding hydrogens is 228 g/mol. The maximum absolute atomic E-state index is 9.21. The first-order valence-corrected chi connectivity index (χ1v) is 7.20. The van der Waals surface area contributed by atoms with Crippen LogP contribution in [0, 0.1) is 0 Å². The minimum atomic E-state index is 0.177. The molecule has 0 aromatic rings. The lowest BCUT2D eigenvalue weighted by molar-refractivity contribution is -0.0327. The van der Waals surface area contributed by atoms with Crippen molar-refractivity contribution >= 4 is 0 Å². The molecule has 2 heterocycles. The first-order valence-electron chi connectivity index (χ1n) is 7.20. The number of hydrogen-bond acceptors (Lipinski definition) is 4. The smallest absolute Gasteiger partial charge is 0.0702 e. The second-order valence-corrected chi connectivity index (χ2v) is 6.42. The van der Waals surface area contributed by atoms with E-state index in [9.17, 15) is 5.11 Å². The van der Waals surface area contributed by atoms with Crippen LogP contribution in [0.1, 0.15) is 33.1 Å². The molecule has 2 fully saturated rings. The first kappa shape index (κ1) is 14.3. The van der Waals surface area contributed by atoms with Gasteiger partial charge in [0, 0.05) is 44.4 Å². The molecule has 0 aromatic heterocycles. The summed E-state index contributed by atoms with van der Waals surface area (Å²) in [5.41, 5.74) is 0.177. The van der Waals surface area contributed by atoms with Crippen LogP contribution in [0.4, 0.5) is 0 Å². The Kier molecular flexibility index (Phi) is 4.64. The average Bonchev–Trinajstić information content (AvgIpc) is 2.78. The number of ether oxygens (including phenoxy) is 1. The van der Waals surface area contributed by atoms with Gasteiger partial charge < -0.3 is 9.84 Å². The van der Waals surface area contributed by atoms with Crippen LogP contribution in [0.3, 0.4) is 0 Å². The van der Waals surface area contributed by atoms with E-state index in [0.29, 0.717) is 12.1 Å². The van der Waals surface area contributed by atoms with Gasteiger partial charge in [-0.15, -0.1) is 0 Å². The summed E-state index contributed by atoms with van der Waals surface area (Å²) in [6.45, 7) is 8.99. The van der Waals surface area contributed by atoms with Gasteiger partial charge in [-0.05, 0) is 40.2 Å². The Hall–Kier alpha value is -0.160. The largest absolute Gasteiger partial charge is 0.396 e. The fourth-order valence-corrected chi connectivity index (χ4v) is 3.29. The summed E-state index contributed by atoms with van der Waals surface area (Å²) in [6.07, 6.45) is 3.71. The standard InChI is InChI=1S/C14H28N2O2/c1-14(2)11-16(10-13-5-4-8-18-13)9-12(6-7-17)15(14)3/h12-13,17H,4-11H2,1-3H3. The number of aliphatic hydroxyl groups is 1. The van der Waals surface area contributed by atoms with Crippen LogP contribution >= 0.6 is 0 Å². The molecule has 4 heteroatoms. The number of nitrogens with zero attached hydrogens (tertiary/aromatic N) is 2. The molecule has 2 aliphatic heterocycles. The normalized spacial score (nSPS) is 34.0. The summed E-state index contributed by atoms with van der Waals surface area (Å²) in [5, 5.41) is 9.21. The quantitative estimate of drug-likeness (QED) is 0.812. The molecule has 106 valence electrons. The first-order chi connectivity index (χ1) is 8.53. The number of likely N-dealkylation sites (N-methyl/N-ethyl adjacent to an activating group) is 1. The topological polar surface area (TPSA) is 35.9 Å². The Labute approximate surface area is 111 Å². The summed E-state index contributed by atoms with van der Waals surface area (Å²) in [5.74, 6) is 0. The Morgan fingerprint density at radius 1 is 1.39 bits per heavy atom. The molecule has 18 heavy (non-hydrogen) atoms. The molecule has 2 atom stereocenters. The fourth-order valence-electron chi connectivity index (χ4n) is 3.29. The minimum Gasteiger partial charge on any atom is -0.396 e. The van der Waals surface area contributed by atoms with Crippen molar-refractivity contribution in [3.63, 3.8) is 0 Å². The molecule has 0 bridgehead atoms. The zero-order valence-corrected chi connectivity index (χ0v) is 12.1. The maximum Gasteiger partial charge on any atom is 0.0702 e. The lowest BCUT2D eigenvalue weighted by Crippen LogP contribution is -2.63. The third-order valence-corrected chi connectivity index (χ3v) is 4.53. The highest BCUT2D eigenvalue weighted by Gasteiger charge is 2.37. The van der Waals surface area contributed by atoms with Gasteiger partial charge in [-0.25, -0.2) is 0 Å². The van der Waals surface area contributed by atoms with Crippen molar-refractivity contribution in [1.82, 2.24) is 9.80 Å². The van der Waals surface area contributed by atoms with Crippen molar-refractivity contribution in [2.75, 3.05) is 39.9 Å². The Morgan fingerprint density at radius 2 is 2.17 bits per heavy atom. The lowest BCUT2D eigenvalue weighted by atomic mass is 9.94. The third kappa shape index (κ3) is 3.23. The van der Waals surface area contributed by atoms with Crippen molar-refractivity contribution in [3.05, 3.63) is 0 Å². The monoisotopic (exact) mass is 256 g/mol. The molecule has 0 amide bonds. The van der Waals surface area contributed by atoms with Crippen LogP contribution in [0.15, 0.2) is 0 Å². The van der Waals surface area contributed by atoms with Gasteiger partial charge in [-0.2, -0.15) is 0 Å². The molecular formula is C14H28N2O2. The van der Waals surface area contributed by atoms with Crippen molar-refractivity contribution in [3.8, 4) is 0 Å². The summed E-state index contributed by atoms with van der Waals surface area (Å²) in [4.78, 5) is 4.95. The van der Waals surface area contributed by atoms with Gasteiger partial charge in [0.2, 0.25) is 0 Å². The number of rotatable bonds is 4. The average molecular weight is 256 g/mol. The summed E-state index contributed by atoms with van der Waals surface area (Å²) >= 11 is 0. The number of hydrogen-bond donors (Lipinski definition) is 1. The summed E-state index contributed by atoms with van der Waals surface area (Å²) in [6, 6.07) is 0.458. The van der Waals surface area contributed by atoms with Crippen molar-refractivity contribution in [2.24, 2.45) is 0 Å². The maximum atomic E-state index is 9.21. The highest BCUT2D eigenvalue weighted by molar-refractivity contribution is 4.94. The molecule has 0 spiro atoms. The van der Waals surface area contributed by atoms with E-state index < -0.39 is 0 Å². The van der Waals surface area contributed by atoms with E-state index in [1.165, 1.54) is 12.8 Å². The van der Waals surface area contributed by atoms with Crippen LogP contribution in [0.2, 0.25) is 0 Å². The van der Waals surface area contributed by atoms with E-state index >= 15 is 0 Å². The molecule has 1 N–H and O–H groups in total. The molecule has 2 saturated heterocycles. The van der Waals surface area contributed by atoms with E-state index in [0.717, 1.165) is 32.7 Å². The molecule has 2 rings (SSSR count). The summed E-state index contributed by atoms with van der Waals surface area (Å²) in [7, 11) is 2.18. The van der Waals surface area contributed by atoms with Crippen molar-refractivity contribution in [1.29, 1.82) is 0 Å². The molecule has 2 unspecified atom stereocenters. The lowest BCUT2D eigenvalue weighted by Gasteiger charge is -2.50. The fraction of sp³-hybridized carbons (Fsp3) is 1.00. The predicted molar refractivity (Wildman–Crippen MR) is 72.7 cm³/mol. The van der Waals surface area contributed by atoms with Crippen molar-refractivity contribution < 1.29 is 9.84 Å². The van der Waals surface area contributed by atoms with Crippen LogP contribution in [0.25, 0.3) is 0 Å². The third-order valence-electron chi connectivity index (χ3n) is 4.53.